The number of benzene rings is 3. The van der Waals surface area contributed by atoms with Gasteiger partial charge in [-0.05, 0) is 48.2 Å². The fourth-order valence-electron chi connectivity index (χ4n) is 4.58. The lowest BCUT2D eigenvalue weighted by Crippen LogP contribution is -2.29. The number of amides is 1. The standard InChI is InChI=1S/C30H32ClN7O/c1-20-25(18-35-37-20)23-15-28(26-19-36-38-29(26)16-23)33-11-5-12-34-30(39)10-13-32-17-21-8-9-24(27(31)14-21)22-6-3-2-4-7-22/h2-4,6-9,14-16,18-19,32-33H,5,10-13,17H2,1H3,(H,34,39)(H,35,37)(H,36,38). The van der Waals surface area contributed by atoms with E-state index in [0.717, 1.165) is 68.1 Å². The van der Waals surface area contributed by atoms with Gasteiger partial charge in [-0.1, -0.05) is 54.1 Å². The maximum Gasteiger partial charge on any atom is 0.221 e. The third kappa shape index (κ3) is 6.66. The number of aromatic amines is 2. The molecule has 2 aromatic heterocycles. The first kappa shape index (κ1) is 26.5. The van der Waals surface area contributed by atoms with Gasteiger partial charge in [0.1, 0.15) is 0 Å². The molecule has 3 aromatic carbocycles. The molecule has 5 N–H and O–H groups in total. The number of halogens is 1. The van der Waals surface area contributed by atoms with E-state index in [1.54, 1.807) is 0 Å². The number of hydrogen-bond acceptors (Lipinski definition) is 5. The second kappa shape index (κ2) is 12.6. The Morgan fingerprint density at radius 2 is 1.74 bits per heavy atom. The summed E-state index contributed by atoms with van der Waals surface area (Å²) in [5.41, 5.74) is 8.31. The van der Waals surface area contributed by atoms with Crippen LogP contribution in [0, 0.1) is 6.92 Å². The van der Waals surface area contributed by atoms with Gasteiger partial charge in [0.25, 0.3) is 0 Å². The van der Waals surface area contributed by atoms with Crippen LogP contribution in [0.15, 0.2) is 73.1 Å². The summed E-state index contributed by atoms with van der Waals surface area (Å²) in [5, 5.41) is 26.0. The molecule has 0 unspecified atom stereocenters. The molecule has 200 valence electrons. The van der Waals surface area contributed by atoms with Gasteiger partial charge in [0.05, 0.1) is 17.9 Å². The summed E-state index contributed by atoms with van der Waals surface area (Å²) in [5.74, 6) is 0.0367. The third-order valence-corrected chi connectivity index (χ3v) is 6.98. The number of nitrogens with zero attached hydrogens (tertiary/aromatic N) is 2. The zero-order valence-corrected chi connectivity index (χ0v) is 22.6. The molecule has 0 spiro atoms. The number of H-pyrrole nitrogens is 2. The molecule has 2 heterocycles. The Morgan fingerprint density at radius 1 is 0.897 bits per heavy atom. The number of carbonyl (C=O) groups excluding carboxylic acids is 1. The Labute approximate surface area is 232 Å². The van der Waals surface area contributed by atoms with Crippen molar-refractivity contribution in [2.45, 2.75) is 26.3 Å². The van der Waals surface area contributed by atoms with Gasteiger partial charge in [0, 0.05) is 65.5 Å². The molecule has 0 aliphatic rings. The normalized spacial score (nSPS) is 11.1. The van der Waals surface area contributed by atoms with Gasteiger partial charge >= 0.3 is 0 Å². The summed E-state index contributed by atoms with van der Waals surface area (Å²) in [6, 6.07) is 20.4. The van der Waals surface area contributed by atoms with Gasteiger partial charge in [-0.2, -0.15) is 10.2 Å². The van der Waals surface area contributed by atoms with Crippen molar-refractivity contribution in [3.05, 3.63) is 89.3 Å². The molecule has 0 aliphatic heterocycles. The maximum absolute atomic E-state index is 12.3. The Hall–Kier alpha value is -4.14. The van der Waals surface area contributed by atoms with Crippen LogP contribution in [0.4, 0.5) is 5.69 Å². The highest BCUT2D eigenvalue weighted by Gasteiger charge is 2.10. The molecular weight excluding hydrogens is 510 g/mol. The van der Waals surface area contributed by atoms with E-state index in [4.69, 9.17) is 11.6 Å². The SMILES string of the molecule is Cc1[nH]ncc1-c1cc(NCCCNC(=O)CCNCc2ccc(-c3ccccc3)c(Cl)c2)c2cn[nH]c2c1. The smallest absolute Gasteiger partial charge is 0.221 e. The van der Waals surface area contributed by atoms with Gasteiger partial charge in [0.2, 0.25) is 5.91 Å². The van der Waals surface area contributed by atoms with Crippen LogP contribution >= 0.6 is 11.6 Å². The average molecular weight is 542 g/mol. The first-order valence-electron chi connectivity index (χ1n) is 13.1. The predicted molar refractivity (Wildman–Crippen MR) is 158 cm³/mol. The number of fused-ring (bicyclic) bond motifs is 1. The highest BCUT2D eigenvalue weighted by molar-refractivity contribution is 6.33. The number of hydrogen-bond donors (Lipinski definition) is 5. The lowest BCUT2D eigenvalue weighted by atomic mass is 10.0. The minimum Gasteiger partial charge on any atom is -0.384 e. The van der Waals surface area contributed by atoms with Crippen LogP contribution in [0.25, 0.3) is 33.2 Å². The zero-order valence-electron chi connectivity index (χ0n) is 21.9. The molecule has 1 amide bonds. The van der Waals surface area contributed by atoms with E-state index in [9.17, 15) is 4.79 Å². The first-order chi connectivity index (χ1) is 19.1. The van der Waals surface area contributed by atoms with Crippen LogP contribution < -0.4 is 16.0 Å². The molecular formula is C30H32ClN7O. The molecule has 0 saturated heterocycles. The van der Waals surface area contributed by atoms with Crippen molar-refractivity contribution >= 4 is 34.1 Å². The first-order valence-corrected chi connectivity index (χ1v) is 13.5. The van der Waals surface area contributed by atoms with E-state index >= 15 is 0 Å². The van der Waals surface area contributed by atoms with E-state index in [1.807, 2.05) is 61.8 Å². The van der Waals surface area contributed by atoms with Crippen molar-refractivity contribution in [3.63, 3.8) is 0 Å². The average Bonchev–Trinajstić information content (AvgIpc) is 3.60. The summed E-state index contributed by atoms with van der Waals surface area (Å²) >= 11 is 6.50. The third-order valence-electron chi connectivity index (χ3n) is 6.67. The maximum atomic E-state index is 12.3. The summed E-state index contributed by atoms with van der Waals surface area (Å²) < 4.78 is 0. The van der Waals surface area contributed by atoms with Crippen LogP contribution in [0.2, 0.25) is 5.02 Å². The molecule has 8 nitrogen and oxygen atoms in total. The molecule has 0 atom stereocenters. The largest absolute Gasteiger partial charge is 0.384 e. The van der Waals surface area contributed by atoms with E-state index in [-0.39, 0.29) is 5.91 Å². The van der Waals surface area contributed by atoms with E-state index in [2.05, 4.69) is 54.5 Å². The minimum atomic E-state index is 0.0367. The highest BCUT2D eigenvalue weighted by atomic mass is 35.5. The summed E-state index contributed by atoms with van der Waals surface area (Å²) in [4.78, 5) is 12.3. The zero-order chi connectivity index (χ0) is 27.0. The van der Waals surface area contributed by atoms with Gasteiger partial charge < -0.3 is 16.0 Å². The number of rotatable bonds is 12. The number of aromatic nitrogens is 4. The lowest BCUT2D eigenvalue weighted by molar-refractivity contribution is -0.120. The Bertz CT molecular complexity index is 1540. The Balaban J connectivity index is 1.02. The number of carbonyl (C=O) groups is 1. The number of aryl methyl sites for hydroxylation is 1. The van der Waals surface area contributed by atoms with Crippen LogP contribution in [0.3, 0.4) is 0 Å². The minimum absolute atomic E-state index is 0.0367. The van der Waals surface area contributed by atoms with Gasteiger partial charge in [-0.3, -0.25) is 15.0 Å². The number of nitrogens with one attached hydrogen (secondary N) is 5. The van der Waals surface area contributed by atoms with Crippen molar-refractivity contribution in [1.82, 2.24) is 31.0 Å². The van der Waals surface area contributed by atoms with Crippen molar-refractivity contribution in [1.29, 1.82) is 0 Å². The van der Waals surface area contributed by atoms with Crippen LogP contribution in [-0.4, -0.2) is 45.9 Å². The lowest BCUT2D eigenvalue weighted by Gasteiger charge is -2.11. The molecule has 0 aliphatic carbocycles. The van der Waals surface area contributed by atoms with Crippen molar-refractivity contribution in [2.24, 2.45) is 0 Å². The Morgan fingerprint density at radius 3 is 2.54 bits per heavy atom. The predicted octanol–water partition coefficient (Wildman–Crippen LogP) is 5.68. The quantitative estimate of drug-likeness (QED) is 0.130. The molecule has 9 heteroatoms. The topological polar surface area (TPSA) is 111 Å². The van der Waals surface area contributed by atoms with Gasteiger partial charge in [-0.15, -0.1) is 0 Å². The molecule has 0 radical (unpaired) electrons. The van der Waals surface area contributed by atoms with Gasteiger partial charge in [0.15, 0.2) is 0 Å². The molecule has 0 bridgehead atoms. The molecule has 5 aromatic rings. The second-order valence-corrected chi connectivity index (χ2v) is 9.91. The van der Waals surface area contributed by atoms with Crippen molar-refractivity contribution in [3.8, 4) is 22.3 Å². The molecule has 0 saturated carbocycles. The molecule has 0 fully saturated rings. The Kier molecular flexibility index (Phi) is 8.55. The highest BCUT2D eigenvalue weighted by Crippen LogP contribution is 2.31. The van der Waals surface area contributed by atoms with Crippen LogP contribution in [-0.2, 0) is 11.3 Å². The number of anilines is 1. The van der Waals surface area contributed by atoms with E-state index < -0.39 is 0 Å². The molecule has 39 heavy (non-hydrogen) atoms. The fraction of sp³-hybridized carbons (Fsp3) is 0.233. The van der Waals surface area contributed by atoms with Crippen molar-refractivity contribution < 1.29 is 4.79 Å². The fourth-order valence-corrected chi connectivity index (χ4v) is 4.89. The monoisotopic (exact) mass is 541 g/mol. The molecule has 5 rings (SSSR count). The van der Waals surface area contributed by atoms with E-state index in [0.29, 0.717) is 26.1 Å². The van der Waals surface area contributed by atoms with Crippen molar-refractivity contribution in [2.75, 3.05) is 25.0 Å². The van der Waals surface area contributed by atoms with Gasteiger partial charge in [-0.25, -0.2) is 0 Å². The second-order valence-electron chi connectivity index (χ2n) is 9.50. The summed E-state index contributed by atoms with van der Waals surface area (Å²) in [6.07, 6.45) is 4.88. The summed E-state index contributed by atoms with van der Waals surface area (Å²) in [7, 11) is 0. The van der Waals surface area contributed by atoms with Crippen LogP contribution in [0.5, 0.6) is 0 Å². The van der Waals surface area contributed by atoms with E-state index in [1.165, 1.54) is 0 Å². The summed E-state index contributed by atoms with van der Waals surface area (Å²) in [6.45, 7) is 4.60. The van der Waals surface area contributed by atoms with Crippen LogP contribution in [0.1, 0.15) is 24.1 Å².